The monoisotopic (exact) mass is 729 g/mol. The van der Waals surface area contributed by atoms with Gasteiger partial charge in [0.2, 0.25) is 11.8 Å². The number of halogens is 3. The lowest BCUT2D eigenvalue weighted by molar-refractivity contribution is -0.140. The second-order valence-corrected chi connectivity index (χ2v) is 14.2. The van der Waals surface area contributed by atoms with Crippen LogP contribution in [-0.4, -0.2) is 43.8 Å². The number of hydrogen-bond donors (Lipinski definition) is 1. The molecule has 0 saturated carbocycles. The third kappa shape index (κ3) is 9.10. The number of carbonyl (C=O) groups is 2. The third-order valence-electron chi connectivity index (χ3n) is 7.35. The van der Waals surface area contributed by atoms with Crippen molar-refractivity contribution in [1.82, 2.24) is 10.2 Å². The molecule has 236 valence electrons. The van der Waals surface area contributed by atoms with E-state index in [-0.39, 0.29) is 29.8 Å². The molecule has 4 aromatic rings. The molecule has 7 nitrogen and oxygen atoms in total. The Kier molecular flexibility index (Phi) is 12.1. The molecular weight excluding hydrogens is 697 g/mol. The van der Waals surface area contributed by atoms with E-state index in [2.05, 4.69) is 21.2 Å². The first-order valence-electron chi connectivity index (χ1n) is 14.4. The van der Waals surface area contributed by atoms with Crippen molar-refractivity contribution < 1.29 is 18.0 Å². The highest BCUT2D eigenvalue weighted by Gasteiger charge is 2.35. The Morgan fingerprint density at radius 3 is 2.11 bits per heavy atom. The van der Waals surface area contributed by atoms with Crippen molar-refractivity contribution in [2.24, 2.45) is 0 Å². The quantitative estimate of drug-likeness (QED) is 0.154. The second-order valence-electron chi connectivity index (χ2n) is 10.6. The summed E-state index contributed by atoms with van der Waals surface area (Å²) in [7, 11) is -4.18. The average Bonchev–Trinajstić information content (AvgIpc) is 3.03. The SMILES string of the molecule is CC[C@@H](C)NC(=O)[C@H](Cc1ccccc1)N(Cc1ccc(Cl)cc1Cl)C(=O)CN(c1ccc(Br)cc1)S(=O)(=O)c1ccccc1. The van der Waals surface area contributed by atoms with Crippen LogP contribution in [0.4, 0.5) is 5.69 Å². The van der Waals surface area contributed by atoms with E-state index in [9.17, 15) is 18.0 Å². The fourth-order valence-electron chi connectivity index (χ4n) is 4.68. The lowest BCUT2D eigenvalue weighted by atomic mass is 10.0. The van der Waals surface area contributed by atoms with Crippen LogP contribution in [-0.2, 0) is 32.6 Å². The largest absolute Gasteiger partial charge is 0.352 e. The van der Waals surface area contributed by atoms with Gasteiger partial charge in [0.25, 0.3) is 10.0 Å². The van der Waals surface area contributed by atoms with E-state index in [1.54, 1.807) is 60.7 Å². The minimum atomic E-state index is -4.18. The molecule has 0 spiro atoms. The Morgan fingerprint density at radius 2 is 1.51 bits per heavy atom. The molecule has 1 N–H and O–H groups in total. The minimum absolute atomic E-state index is 0.0309. The van der Waals surface area contributed by atoms with E-state index < -0.39 is 28.5 Å². The summed E-state index contributed by atoms with van der Waals surface area (Å²) in [5.74, 6) is -0.934. The maximum Gasteiger partial charge on any atom is 0.264 e. The number of nitrogens with zero attached hydrogens (tertiary/aromatic N) is 2. The van der Waals surface area contributed by atoms with Gasteiger partial charge in [-0.2, -0.15) is 0 Å². The van der Waals surface area contributed by atoms with Gasteiger partial charge < -0.3 is 10.2 Å². The highest BCUT2D eigenvalue weighted by molar-refractivity contribution is 9.10. The number of anilines is 1. The molecule has 0 unspecified atom stereocenters. The van der Waals surface area contributed by atoms with Gasteiger partial charge in [0, 0.05) is 33.5 Å². The summed E-state index contributed by atoms with van der Waals surface area (Å²) in [6.45, 7) is 3.23. The molecule has 0 aliphatic carbocycles. The van der Waals surface area contributed by atoms with Crippen LogP contribution in [0.25, 0.3) is 0 Å². The van der Waals surface area contributed by atoms with Gasteiger partial charge in [0.1, 0.15) is 12.6 Å². The molecule has 0 aromatic heterocycles. The molecule has 2 atom stereocenters. The topological polar surface area (TPSA) is 86.8 Å². The number of carbonyl (C=O) groups excluding carboxylic acids is 2. The Labute approximate surface area is 283 Å². The normalized spacial score (nSPS) is 12.6. The maximum absolute atomic E-state index is 14.5. The number of nitrogens with one attached hydrogen (secondary N) is 1. The van der Waals surface area contributed by atoms with Crippen LogP contribution in [0.15, 0.2) is 112 Å². The number of sulfonamides is 1. The van der Waals surface area contributed by atoms with Gasteiger partial charge in [0.15, 0.2) is 0 Å². The molecule has 11 heteroatoms. The van der Waals surface area contributed by atoms with Gasteiger partial charge >= 0.3 is 0 Å². The molecule has 0 radical (unpaired) electrons. The van der Waals surface area contributed by atoms with Crippen LogP contribution in [0.3, 0.4) is 0 Å². The highest BCUT2D eigenvalue weighted by Crippen LogP contribution is 2.28. The smallest absolute Gasteiger partial charge is 0.264 e. The number of benzene rings is 4. The molecule has 45 heavy (non-hydrogen) atoms. The Bertz CT molecular complexity index is 1710. The highest BCUT2D eigenvalue weighted by atomic mass is 79.9. The average molecular weight is 732 g/mol. The minimum Gasteiger partial charge on any atom is -0.352 e. The Morgan fingerprint density at radius 1 is 0.889 bits per heavy atom. The second kappa shape index (κ2) is 15.8. The lowest BCUT2D eigenvalue weighted by Crippen LogP contribution is -2.54. The van der Waals surface area contributed by atoms with E-state index in [0.717, 1.165) is 14.3 Å². The summed E-state index contributed by atoms with van der Waals surface area (Å²) in [4.78, 5) is 29.9. The third-order valence-corrected chi connectivity index (χ3v) is 10.3. The first-order valence-corrected chi connectivity index (χ1v) is 17.4. The molecule has 0 fully saturated rings. The summed E-state index contributed by atoms with van der Waals surface area (Å²) in [5, 5.41) is 3.76. The molecule has 0 heterocycles. The summed E-state index contributed by atoms with van der Waals surface area (Å²) in [5.41, 5.74) is 1.69. The van der Waals surface area contributed by atoms with Crippen LogP contribution in [0.5, 0.6) is 0 Å². The maximum atomic E-state index is 14.5. The summed E-state index contributed by atoms with van der Waals surface area (Å²) < 4.78 is 29.9. The standard InChI is InChI=1S/C34H34BrCl2N3O4S/c1-3-24(2)38-34(42)32(20-25-10-6-4-7-11-25)39(22-26-14-17-28(36)21-31(26)37)33(41)23-40(29-18-15-27(35)16-19-29)45(43,44)30-12-8-5-9-13-30/h4-19,21,24,32H,3,20,22-23H2,1-2H3,(H,38,42)/t24-,32+/m1/s1. The fourth-order valence-corrected chi connectivity index (χ4v) is 6.85. The molecule has 0 bridgehead atoms. The van der Waals surface area contributed by atoms with E-state index in [1.807, 2.05) is 44.2 Å². The summed E-state index contributed by atoms with van der Waals surface area (Å²) >= 11 is 16.1. The van der Waals surface area contributed by atoms with E-state index in [0.29, 0.717) is 27.7 Å². The zero-order chi connectivity index (χ0) is 32.6. The van der Waals surface area contributed by atoms with Gasteiger partial charge in [-0.3, -0.25) is 13.9 Å². The van der Waals surface area contributed by atoms with Crippen molar-refractivity contribution in [3.05, 3.63) is 129 Å². The fraction of sp³-hybridized carbons (Fsp3) is 0.235. The van der Waals surface area contributed by atoms with Crippen LogP contribution >= 0.6 is 39.1 Å². The van der Waals surface area contributed by atoms with Gasteiger partial charge in [-0.1, -0.05) is 101 Å². The van der Waals surface area contributed by atoms with Crippen LogP contribution in [0.2, 0.25) is 10.0 Å². The molecule has 2 amide bonds. The Balaban J connectivity index is 1.82. The summed E-state index contributed by atoms with van der Waals surface area (Å²) in [6, 6.07) is 27.7. The van der Waals surface area contributed by atoms with Crippen LogP contribution in [0.1, 0.15) is 31.4 Å². The zero-order valence-corrected chi connectivity index (χ0v) is 28.8. The van der Waals surface area contributed by atoms with E-state index >= 15 is 0 Å². The van der Waals surface area contributed by atoms with Crippen molar-refractivity contribution in [3.8, 4) is 0 Å². The molecule has 0 aliphatic heterocycles. The van der Waals surface area contributed by atoms with Crippen molar-refractivity contribution in [2.45, 2.75) is 50.2 Å². The summed E-state index contributed by atoms with van der Waals surface area (Å²) in [6.07, 6.45) is 0.886. The lowest BCUT2D eigenvalue weighted by Gasteiger charge is -2.34. The molecule has 0 saturated heterocycles. The van der Waals surface area contributed by atoms with Gasteiger partial charge in [-0.05, 0) is 73.0 Å². The van der Waals surface area contributed by atoms with Crippen molar-refractivity contribution >= 4 is 66.7 Å². The van der Waals surface area contributed by atoms with E-state index in [4.69, 9.17) is 23.2 Å². The van der Waals surface area contributed by atoms with Gasteiger partial charge in [0.05, 0.1) is 10.6 Å². The predicted molar refractivity (Wildman–Crippen MR) is 184 cm³/mol. The van der Waals surface area contributed by atoms with Crippen LogP contribution < -0.4 is 9.62 Å². The molecule has 0 aliphatic rings. The number of rotatable bonds is 13. The molecular formula is C34H34BrCl2N3O4S. The number of hydrogen-bond acceptors (Lipinski definition) is 4. The first-order chi connectivity index (χ1) is 21.5. The van der Waals surface area contributed by atoms with Crippen molar-refractivity contribution in [2.75, 3.05) is 10.8 Å². The number of amides is 2. The first kappa shape index (κ1) is 34.5. The Hall–Kier alpha value is -3.37. The van der Waals surface area contributed by atoms with Gasteiger partial charge in [-0.25, -0.2) is 8.42 Å². The predicted octanol–water partition coefficient (Wildman–Crippen LogP) is 7.51. The van der Waals surface area contributed by atoms with Crippen molar-refractivity contribution in [3.63, 3.8) is 0 Å². The molecule has 4 rings (SSSR count). The van der Waals surface area contributed by atoms with Crippen molar-refractivity contribution in [1.29, 1.82) is 0 Å². The molecule has 4 aromatic carbocycles. The van der Waals surface area contributed by atoms with E-state index in [1.165, 1.54) is 17.0 Å². The van der Waals surface area contributed by atoms with Gasteiger partial charge in [-0.15, -0.1) is 0 Å². The van der Waals surface area contributed by atoms with Crippen LogP contribution in [0, 0.1) is 0 Å². The zero-order valence-electron chi connectivity index (χ0n) is 24.9.